The van der Waals surface area contributed by atoms with Crippen molar-refractivity contribution in [2.75, 3.05) is 13.2 Å². The van der Waals surface area contributed by atoms with Gasteiger partial charge < -0.3 is 0 Å². The fourth-order valence-corrected chi connectivity index (χ4v) is 2.39. The molecule has 84 valence electrons. The number of hydrogen-bond acceptors (Lipinski definition) is 2. The molecule has 1 aromatic carbocycles. The summed E-state index contributed by atoms with van der Waals surface area (Å²) in [5.41, 5.74) is 0.986. The van der Waals surface area contributed by atoms with Crippen molar-refractivity contribution in [3.8, 4) is 0 Å². The van der Waals surface area contributed by atoms with Crippen LogP contribution in [0.1, 0.15) is 5.56 Å². The topological polar surface area (TPSA) is 46.2 Å². The fraction of sp³-hybridized carbons (Fsp3) is 0.333. The minimum absolute atomic E-state index is 0.153. The van der Waals surface area contributed by atoms with Crippen molar-refractivity contribution < 1.29 is 12.8 Å². The SMILES string of the molecule is O=S(=O)(NCCF)c1ccc(CBr)cc1. The molecule has 0 aliphatic heterocycles. The Balaban J connectivity index is 2.86. The first-order chi connectivity index (χ1) is 7.10. The highest BCUT2D eigenvalue weighted by Crippen LogP contribution is 2.12. The van der Waals surface area contributed by atoms with E-state index in [1.807, 2.05) is 0 Å². The van der Waals surface area contributed by atoms with Gasteiger partial charge in [0.15, 0.2) is 0 Å². The third-order valence-electron chi connectivity index (χ3n) is 1.77. The van der Waals surface area contributed by atoms with E-state index in [0.717, 1.165) is 5.56 Å². The van der Waals surface area contributed by atoms with E-state index in [1.165, 1.54) is 12.1 Å². The van der Waals surface area contributed by atoms with Crippen LogP contribution in [0.2, 0.25) is 0 Å². The second kappa shape index (κ2) is 5.58. The van der Waals surface area contributed by atoms with Gasteiger partial charge in [-0.05, 0) is 17.7 Å². The lowest BCUT2D eigenvalue weighted by Crippen LogP contribution is -2.25. The zero-order chi connectivity index (χ0) is 11.3. The Hall–Kier alpha value is -0.460. The molecule has 0 bridgehead atoms. The van der Waals surface area contributed by atoms with Gasteiger partial charge in [0.1, 0.15) is 6.67 Å². The molecule has 0 spiro atoms. The van der Waals surface area contributed by atoms with Crippen molar-refractivity contribution in [3.05, 3.63) is 29.8 Å². The Morgan fingerprint density at radius 3 is 2.33 bits per heavy atom. The second-order valence-electron chi connectivity index (χ2n) is 2.86. The summed E-state index contributed by atoms with van der Waals surface area (Å²) in [6.45, 7) is -0.902. The molecule has 0 unspecified atom stereocenters. The van der Waals surface area contributed by atoms with E-state index in [4.69, 9.17) is 0 Å². The van der Waals surface area contributed by atoms with E-state index in [9.17, 15) is 12.8 Å². The summed E-state index contributed by atoms with van der Waals surface area (Å²) in [6.07, 6.45) is 0. The molecule has 0 heterocycles. The molecule has 1 rings (SSSR count). The maximum Gasteiger partial charge on any atom is 0.240 e. The quantitative estimate of drug-likeness (QED) is 0.843. The Morgan fingerprint density at radius 1 is 1.27 bits per heavy atom. The molecular weight excluding hydrogens is 285 g/mol. The van der Waals surface area contributed by atoms with Crippen LogP contribution in [0.3, 0.4) is 0 Å². The van der Waals surface area contributed by atoms with Crippen molar-refractivity contribution in [3.63, 3.8) is 0 Å². The van der Waals surface area contributed by atoms with Crippen LogP contribution >= 0.6 is 15.9 Å². The summed E-state index contributed by atoms with van der Waals surface area (Å²) in [4.78, 5) is 0.153. The first-order valence-corrected chi connectivity index (χ1v) is 6.91. The summed E-state index contributed by atoms with van der Waals surface area (Å²) in [7, 11) is -3.55. The predicted octanol–water partition coefficient (Wildman–Crippen LogP) is 1.83. The van der Waals surface area contributed by atoms with Gasteiger partial charge in [-0.2, -0.15) is 0 Å². The van der Waals surface area contributed by atoms with E-state index in [1.54, 1.807) is 12.1 Å². The minimum atomic E-state index is -3.55. The lowest BCUT2D eigenvalue weighted by molar-refractivity contribution is 0.486. The monoisotopic (exact) mass is 295 g/mol. The van der Waals surface area contributed by atoms with Gasteiger partial charge in [-0.3, -0.25) is 0 Å². The maximum atomic E-state index is 11.8. The van der Waals surface area contributed by atoms with Crippen LogP contribution in [0.25, 0.3) is 0 Å². The number of alkyl halides is 2. The van der Waals surface area contributed by atoms with E-state index < -0.39 is 16.7 Å². The van der Waals surface area contributed by atoms with Gasteiger partial charge in [0, 0.05) is 11.9 Å². The smallest absolute Gasteiger partial charge is 0.240 e. The number of rotatable bonds is 5. The van der Waals surface area contributed by atoms with Crippen LogP contribution < -0.4 is 4.72 Å². The van der Waals surface area contributed by atoms with Crippen LogP contribution in [0.15, 0.2) is 29.2 Å². The van der Waals surface area contributed by atoms with Gasteiger partial charge in [0.05, 0.1) is 4.90 Å². The summed E-state index contributed by atoms with van der Waals surface area (Å²) in [5.74, 6) is 0. The highest BCUT2D eigenvalue weighted by Gasteiger charge is 2.12. The Kier molecular flexibility index (Phi) is 4.69. The third-order valence-corrected chi connectivity index (χ3v) is 3.90. The molecule has 0 aromatic heterocycles. The average Bonchev–Trinajstić information content (AvgIpc) is 2.26. The summed E-state index contributed by atoms with van der Waals surface area (Å²) >= 11 is 3.26. The number of nitrogens with one attached hydrogen (secondary N) is 1. The molecule has 0 fully saturated rings. The lowest BCUT2D eigenvalue weighted by Gasteiger charge is -2.05. The largest absolute Gasteiger partial charge is 0.250 e. The minimum Gasteiger partial charge on any atom is -0.250 e. The molecule has 0 saturated carbocycles. The molecule has 0 atom stereocenters. The van der Waals surface area contributed by atoms with Gasteiger partial charge >= 0.3 is 0 Å². The molecule has 0 aliphatic rings. The number of hydrogen-bond donors (Lipinski definition) is 1. The molecule has 1 N–H and O–H groups in total. The molecule has 15 heavy (non-hydrogen) atoms. The highest BCUT2D eigenvalue weighted by molar-refractivity contribution is 9.08. The van der Waals surface area contributed by atoms with Crippen molar-refractivity contribution >= 4 is 26.0 Å². The second-order valence-corrected chi connectivity index (χ2v) is 5.19. The number of halogens is 2. The summed E-state index contributed by atoms with van der Waals surface area (Å²) < 4.78 is 37.0. The standard InChI is InChI=1S/C9H11BrFNO2S/c10-7-8-1-3-9(4-2-8)15(13,14)12-6-5-11/h1-4,12H,5-7H2. The average molecular weight is 296 g/mol. The maximum absolute atomic E-state index is 11.8. The summed E-state index contributed by atoms with van der Waals surface area (Å²) in [6, 6.07) is 6.41. The lowest BCUT2D eigenvalue weighted by atomic mass is 10.2. The van der Waals surface area contributed by atoms with Crippen molar-refractivity contribution in [2.45, 2.75) is 10.2 Å². The molecule has 0 radical (unpaired) electrons. The zero-order valence-electron chi connectivity index (χ0n) is 7.91. The third kappa shape index (κ3) is 3.55. The van der Waals surface area contributed by atoms with Crippen LogP contribution in [0.4, 0.5) is 4.39 Å². The first-order valence-electron chi connectivity index (χ1n) is 4.30. The number of sulfonamides is 1. The van der Waals surface area contributed by atoms with Gasteiger partial charge in [-0.1, -0.05) is 28.1 Å². The number of benzene rings is 1. The van der Waals surface area contributed by atoms with E-state index in [2.05, 4.69) is 20.7 Å². The van der Waals surface area contributed by atoms with Crippen LogP contribution in [-0.2, 0) is 15.4 Å². The Morgan fingerprint density at radius 2 is 1.87 bits per heavy atom. The summed E-state index contributed by atoms with van der Waals surface area (Å²) in [5, 5.41) is 0.672. The van der Waals surface area contributed by atoms with Crippen LogP contribution in [0, 0.1) is 0 Å². The van der Waals surface area contributed by atoms with Crippen molar-refractivity contribution in [1.82, 2.24) is 4.72 Å². The van der Waals surface area contributed by atoms with E-state index >= 15 is 0 Å². The van der Waals surface area contributed by atoms with Crippen molar-refractivity contribution in [1.29, 1.82) is 0 Å². The van der Waals surface area contributed by atoms with Crippen LogP contribution in [-0.4, -0.2) is 21.6 Å². The van der Waals surface area contributed by atoms with Gasteiger partial charge in [0.25, 0.3) is 0 Å². The Labute approximate surface area is 96.9 Å². The molecule has 0 amide bonds. The Bertz CT molecular complexity index is 405. The fourth-order valence-electron chi connectivity index (χ4n) is 1.01. The first kappa shape index (κ1) is 12.6. The normalized spacial score (nSPS) is 11.6. The van der Waals surface area contributed by atoms with Gasteiger partial charge in [0.2, 0.25) is 10.0 Å². The molecule has 1 aromatic rings. The highest BCUT2D eigenvalue weighted by atomic mass is 79.9. The predicted molar refractivity (Wildman–Crippen MR) is 60.2 cm³/mol. The molecule has 0 aliphatic carbocycles. The molecular formula is C9H11BrFNO2S. The zero-order valence-corrected chi connectivity index (χ0v) is 10.3. The molecule has 6 heteroatoms. The van der Waals surface area contributed by atoms with Gasteiger partial charge in [-0.25, -0.2) is 17.5 Å². The van der Waals surface area contributed by atoms with E-state index in [0.29, 0.717) is 5.33 Å². The molecule has 3 nitrogen and oxygen atoms in total. The molecule has 0 saturated heterocycles. The van der Waals surface area contributed by atoms with Crippen LogP contribution in [0.5, 0.6) is 0 Å². The van der Waals surface area contributed by atoms with E-state index in [-0.39, 0.29) is 11.4 Å². The van der Waals surface area contributed by atoms with Crippen molar-refractivity contribution in [2.24, 2.45) is 0 Å². The van der Waals surface area contributed by atoms with Gasteiger partial charge in [-0.15, -0.1) is 0 Å².